The molecule has 0 saturated carbocycles. The third-order valence-corrected chi connectivity index (χ3v) is 3.04. The Morgan fingerprint density at radius 1 is 1.53 bits per heavy atom. The Hall–Kier alpha value is -1.23. The fraction of sp³-hybridized carbons (Fsp3) is 0.583. The van der Waals surface area contributed by atoms with Gasteiger partial charge in [-0.15, -0.1) is 0 Å². The average Bonchev–Trinajstić information content (AvgIpc) is 2.29. The molecule has 5 heteroatoms. The molecule has 0 amide bonds. The fourth-order valence-electron chi connectivity index (χ4n) is 1.58. The summed E-state index contributed by atoms with van der Waals surface area (Å²) >= 11 is 4.97. The normalized spacial score (nSPS) is 12.2. The molecule has 0 saturated heterocycles. The number of hydrogen-bond acceptors (Lipinski definition) is 4. The molecule has 0 aromatic carbocycles. The first-order chi connectivity index (χ1) is 8.04. The van der Waals surface area contributed by atoms with E-state index in [9.17, 15) is 0 Å². The van der Waals surface area contributed by atoms with Gasteiger partial charge in [-0.1, -0.05) is 32.5 Å². The van der Waals surface area contributed by atoms with Crippen molar-refractivity contribution in [3.8, 4) is 0 Å². The molecule has 1 unspecified atom stereocenters. The summed E-state index contributed by atoms with van der Waals surface area (Å²) in [5, 5.41) is 0. The van der Waals surface area contributed by atoms with Crippen LogP contribution in [0, 0.1) is 5.92 Å². The first-order valence-electron chi connectivity index (χ1n) is 5.86. The molecule has 4 nitrogen and oxygen atoms in total. The summed E-state index contributed by atoms with van der Waals surface area (Å²) in [6.45, 7) is 4.94. The topological polar surface area (TPSA) is 55.0 Å². The number of aromatic nitrogens is 2. The largest absolute Gasteiger partial charge is 0.393 e. The summed E-state index contributed by atoms with van der Waals surface area (Å²) in [5.74, 6) is 1.10. The monoisotopic (exact) mass is 252 g/mol. The summed E-state index contributed by atoms with van der Waals surface area (Å²) < 4.78 is 0. The highest BCUT2D eigenvalue weighted by Crippen LogP contribution is 2.12. The van der Waals surface area contributed by atoms with Gasteiger partial charge in [0.15, 0.2) is 0 Å². The van der Waals surface area contributed by atoms with Gasteiger partial charge in [0.1, 0.15) is 12.1 Å². The van der Waals surface area contributed by atoms with Gasteiger partial charge in [0.25, 0.3) is 0 Å². The fourth-order valence-corrected chi connectivity index (χ4v) is 1.66. The number of rotatable bonds is 6. The summed E-state index contributed by atoms with van der Waals surface area (Å²) in [5.41, 5.74) is 6.69. The van der Waals surface area contributed by atoms with Gasteiger partial charge in [-0.3, -0.25) is 0 Å². The number of anilines is 1. The van der Waals surface area contributed by atoms with Crippen LogP contribution in [0.2, 0.25) is 0 Å². The lowest BCUT2D eigenvalue weighted by Gasteiger charge is -2.22. The van der Waals surface area contributed by atoms with Crippen LogP contribution in [-0.2, 0) is 6.42 Å². The highest BCUT2D eigenvalue weighted by molar-refractivity contribution is 7.80. The van der Waals surface area contributed by atoms with Crippen molar-refractivity contribution in [2.75, 3.05) is 18.5 Å². The minimum absolute atomic E-state index is 0.180. The third kappa shape index (κ3) is 4.26. The number of thiocarbonyl (C=S) groups is 1. The van der Waals surface area contributed by atoms with Crippen LogP contribution < -0.4 is 10.6 Å². The number of nitrogens with two attached hydrogens (primary N) is 1. The van der Waals surface area contributed by atoms with E-state index in [1.165, 1.54) is 0 Å². The van der Waals surface area contributed by atoms with Crippen LogP contribution in [0.1, 0.15) is 26.0 Å². The van der Waals surface area contributed by atoms with Crippen LogP contribution in [0.4, 0.5) is 5.82 Å². The van der Waals surface area contributed by atoms with Crippen LogP contribution >= 0.6 is 12.2 Å². The van der Waals surface area contributed by atoms with Crippen LogP contribution in [-0.4, -0.2) is 28.5 Å². The first kappa shape index (κ1) is 13.8. The Balaban J connectivity index is 2.71. The van der Waals surface area contributed by atoms with Crippen molar-refractivity contribution in [2.24, 2.45) is 11.7 Å². The van der Waals surface area contributed by atoms with Gasteiger partial charge in [0.05, 0.1) is 4.99 Å². The number of hydrogen-bond donors (Lipinski definition) is 1. The van der Waals surface area contributed by atoms with Crippen LogP contribution in [0.3, 0.4) is 0 Å². The zero-order valence-corrected chi connectivity index (χ0v) is 11.5. The molecule has 0 aliphatic rings. The van der Waals surface area contributed by atoms with Crippen molar-refractivity contribution in [2.45, 2.75) is 26.7 Å². The Kier molecular flexibility index (Phi) is 5.28. The molecular formula is C12H20N4S. The number of aryl methyl sites for hydroxylation is 1. The van der Waals surface area contributed by atoms with Gasteiger partial charge in [-0.05, 0) is 6.42 Å². The molecule has 1 heterocycles. The maximum Gasteiger partial charge on any atom is 0.131 e. The minimum atomic E-state index is 0.180. The second-order valence-corrected chi connectivity index (χ2v) is 4.77. The molecule has 0 spiro atoms. The molecule has 0 aliphatic carbocycles. The lowest BCUT2D eigenvalue weighted by atomic mass is 10.1. The van der Waals surface area contributed by atoms with Gasteiger partial charge in [0.2, 0.25) is 0 Å². The molecule has 1 aromatic rings. The maximum absolute atomic E-state index is 5.61. The van der Waals surface area contributed by atoms with E-state index in [1.807, 2.05) is 20.0 Å². The Labute approximate surface area is 108 Å². The SMILES string of the molecule is CCCc1cc(N(C)CC(C)C(N)=S)ncn1. The highest BCUT2D eigenvalue weighted by Gasteiger charge is 2.10. The average molecular weight is 252 g/mol. The number of nitrogens with zero attached hydrogens (tertiary/aromatic N) is 3. The molecule has 2 N–H and O–H groups in total. The quantitative estimate of drug-likeness (QED) is 0.782. The Morgan fingerprint density at radius 2 is 2.24 bits per heavy atom. The lowest BCUT2D eigenvalue weighted by molar-refractivity contribution is 0.731. The van der Waals surface area contributed by atoms with Gasteiger partial charge < -0.3 is 10.6 Å². The van der Waals surface area contributed by atoms with E-state index in [2.05, 4.69) is 21.8 Å². The second-order valence-electron chi connectivity index (χ2n) is 4.30. The van der Waals surface area contributed by atoms with Crippen molar-refractivity contribution >= 4 is 23.0 Å². The van der Waals surface area contributed by atoms with Crippen LogP contribution in [0.25, 0.3) is 0 Å². The van der Waals surface area contributed by atoms with Crippen LogP contribution in [0.15, 0.2) is 12.4 Å². The maximum atomic E-state index is 5.61. The summed E-state index contributed by atoms with van der Waals surface area (Å²) in [7, 11) is 1.99. The Bertz CT molecular complexity index is 381. The van der Waals surface area contributed by atoms with Gasteiger partial charge in [0, 0.05) is 31.3 Å². The van der Waals surface area contributed by atoms with E-state index in [0.29, 0.717) is 4.99 Å². The molecule has 1 aromatic heterocycles. The summed E-state index contributed by atoms with van der Waals surface area (Å²) in [6, 6.07) is 2.02. The van der Waals surface area contributed by atoms with Gasteiger partial charge in [-0.2, -0.15) is 0 Å². The molecule has 0 radical (unpaired) electrons. The van der Waals surface area contributed by atoms with E-state index in [1.54, 1.807) is 6.33 Å². The molecule has 1 atom stereocenters. The molecule has 1 rings (SSSR count). The van der Waals surface area contributed by atoms with Crippen molar-refractivity contribution in [1.29, 1.82) is 0 Å². The third-order valence-electron chi connectivity index (χ3n) is 2.64. The van der Waals surface area contributed by atoms with Crippen molar-refractivity contribution in [3.63, 3.8) is 0 Å². The molecule has 0 aliphatic heterocycles. The van der Waals surface area contributed by atoms with Gasteiger partial charge in [-0.25, -0.2) is 9.97 Å². The molecule has 0 bridgehead atoms. The minimum Gasteiger partial charge on any atom is -0.393 e. The summed E-state index contributed by atoms with van der Waals surface area (Å²) in [6.07, 6.45) is 3.68. The van der Waals surface area contributed by atoms with Crippen molar-refractivity contribution < 1.29 is 0 Å². The van der Waals surface area contributed by atoms with Crippen molar-refractivity contribution in [3.05, 3.63) is 18.1 Å². The standard InChI is InChI=1S/C12H20N4S/c1-4-5-10-6-11(15-8-14-10)16(3)7-9(2)12(13)17/h6,8-9H,4-5,7H2,1-3H3,(H2,13,17). The van der Waals surface area contributed by atoms with Crippen LogP contribution in [0.5, 0.6) is 0 Å². The second kappa shape index (κ2) is 6.49. The van der Waals surface area contributed by atoms with Gasteiger partial charge >= 0.3 is 0 Å². The molecule has 17 heavy (non-hydrogen) atoms. The lowest BCUT2D eigenvalue weighted by Crippen LogP contribution is -2.31. The van der Waals surface area contributed by atoms with Crippen molar-refractivity contribution in [1.82, 2.24) is 9.97 Å². The zero-order valence-electron chi connectivity index (χ0n) is 10.7. The predicted octanol–water partition coefficient (Wildman–Crippen LogP) is 1.79. The smallest absolute Gasteiger partial charge is 0.131 e. The highest BCUT2D eigenvalue weighted by atomic mass is 32.1. The van der Waals surface area contributed by atoms with E-state index in [0.717, 1.165) is 30.9 Å². The first-order valence-corrected chi connectivity index (χ1v) is 6.26. The summed E-state index contributed by atoms with van der Waals surface area (Å²) in [4.78, 5) is 11.1. The molecular weight excluding hydrogens is 232 g/mol. The molecule has 0 fully saturated rings. The van der Waals surface area contributed by atoms with E-state index >= 15 is 0 Å². The van der Waals surface area contributed by atoms with E-state index in [4.69, 9.17) is 18.0 Å². The Morgan fingerprint density at radius 3 is 2.82 bits per heavy atom. The zero-order chi connectivity index (χ0) is 12.8. The predicted molar refractivity (Wildman–Crippen MR) is 75.2 cm³/mol. The van der Waals surface area contributed by atoms with E-state index in [-0.39, 0.29) is 5.92 Å². The molecule has 94 valence electrons. The van der Waals surface area contributed by atoms with E-state index < -0.39 is 0 Å².